The Labute approximate surface area is 136 Å². The zero-order chi connectivity index (χ0) is 16.8. The van der Waals surface area contributed by atoms with Crippen LogP contribution in [0.4, 0.5) is 10.5 Å². The van der Waals surface area contributed by atoms with Crippen LogP contribution in [0.2, 0.25) is 0 Å². The van der Waals surface area contributed by atoms with Gasteiger partial charge in [-0.1, -0.05) is 12.1 Å². The summed E-state index contributed by atoms with van der Waals surface area (Å²) in [6.07, 6.45) is 0. The van der Waals surface area contributed by atoms with Crippen LogP contribution in [-0.2, 0) is 4.79 Å². The summed E-state index contributed by atoms with van der Waals surface area (Å²) < 4.78 is 5.66. The summed E-state index contributed by atoms with van der Waals surface area (Å²) in [4.78, 5) is 27.1. The number of primary amides is 1. The van der Waals surface area contributed by atoms with Crippen molar-refractivity contribution in [3.05, 3.63) is 24.3 Å². The zero-order valence-corrected chi connectivity index (χ0v) is 13.6. The summed E-state index contributed by atoms with van der Waals surface area (Å²) in [5, 5.41) is 2.42. The van der Waals surface area contributed by atoms with Gasteiger partial charge < -0.3 is 25.6 Å². The number of para-hydroxylation sites is 2. The first-order valence-corrected chi connectivity index (χ1v) is 7.84. The predicted octanol–water partition coefficient (Wildman–Crippen LogP) is 0.791. The standard InChI is InChI=1S/C16H24N4O3/c1-3-23-14-7-5-4-6-13(14)19-8-10-20(11-9-19)15(21)12(2)18-16(17)22/h4-7,12H,3,8-11H2,1-2H3,(H3,17,18,22). The van der Waals surface area contributed by atoms with E-state index in [1.54, 1.807) is 11.8 Å². The van der Waals surface area contributed by atoms with Crippen molar-refractivity contribution in [2.24, 2.45) is 5.73 Å². The lowest BCUT2D eigenvalue weighted by molar-refractivity contribution is -0.133. The topological polar surface area (TPSA) is 87.9 Å². The van der Waals surface area contributed by atoms with Gasteiger partial charge in [-0.15, -0.1) is 0 Å². The van der Waals surface area contributed by atoms with Crippen LogP contribution < -0.4 is 20.7 Å². The highest BCUT2D eigenvalue weighted by atomic mass is 16.5. The van der Waals surface area contributed by atoms with E-state index < -0.39 is 12.1 Å². The van der Waals surface area contributed by atoms with Crippen LogP contribution in [0.5, 0.6) is 5.75 Å². The molecule has 23 heavy (non-hydrogen) atoms. The third kappa shape index (κ3) is 4.28. The summed E-state index contributed by atoms with van der Waals surface area (Å²) in [6, 6.07) is 6.62. The molecule has 126 valence electrons. The Morgan fingerprint density at radius 1 is 1.26 bits per heavy atom. The van der Waals surface area contributed by atoms with Crippen LogP contribution in [0, 0.1) is 0 Å². The van der Waals surface area contributed by atoms with Gasteiger partial charge in [0.1, 0.15) is 11.8 Å². The first-order chi connectivity index (χ1) is 11.0. The molecule has 0 saturated carbocycles. The van der Waals surface area contributed by atoms with Gasteiger partial charge in [-0.05, 0) is 26.0 Å². The van der Waals surface area contributed by atoms with Crippen molar-refractivity contribution < 1.29 is 14.3 Å². The van der Waals surface area contributed by atoms with Gasteiger partial charge in [0.25, 0.3) is 0 Å². The number of nitrogens with two attached hydrogens (primary N) is 1. The van der Waals surface area contributed by atoms with Gasteiger partial charge in [0.2, 0.25) is 5.91 Å². The number of ether oxygens (including phenoxy) is 1. The van der Waals surface area contributed by atoms with Gasteiger partial charge in [0.05, 0.1) is 12.3 Å². The number of piperazine rings is 1. The van der Waals surface area contributed by atoms with Gasteiger partial charge in [0, 0.05) is 26.2 Å². The molecule has 3 N–H and O–H groups in total. The maximum Gasteiger partial charge on any atom is 0.312 e. The molecule has 1 aromatic rings. The predicted molar refractivity (Wildman–Crippen MR) is 88.6 cm³/mol. The van der Waals surface area contributed by atoms with E-state index in [4.69, 9.17) is 10.5 Å². The molecule has 2 rings (SSSR count). The van der Waals surface area contributed by atoms with Crippen molar-refractivity contribution >= 4 is 17.6 Å². The summed E-state index contributed by atoms with van der Waals surface area (Å²) in [7, 11) is 0. The summed E-state index contributed by atoms with van der Waals surface area (Å²) in [5.74, 6) is 0.750. The molecule has 1 fully saturated rings. The van der Waals surface area contributed by atoms with Gasteiger partial charge in [-0.25, -0.2) is 4.79 Å². The number of carbonyl (C=O) groups excluding carboxylic acids is 2. The van der Waals surface area contributed by atoms with Crippen molar-refractivity contribution in [3.63, 3.8) is 0 Å². The molecule has 0 aliphatic carbocycles. The number of hydrogen-bond acceptors (Lipinski definition) is 4. The minimum absolute atomic E-state index is 0.110. The Hall–Kier alpha value is -2.44. The second kappa shape index (κ2) is 7.71. The average Bonchev–Trinajstić information content (AvgIpc) is 2.54. The van der Waals surface area contributed by atoms with Crippen LogP contribution >= 0.6 is 0 Å². The fourth-order valence-electron chi connectivity index (χ4n) is 2.71. The number of nitrogens with zero attached hydrogens (tertiary/aromatic N) is 2. The minimum atomic E-state index is -0.685. The van der Waals surface area contributed by atoms with Crippen LogP contribution in [-0.4, -0.2) is 55.7 Å². The van der Waals surface area contributed by atoms with Crippen LogP contribution in [0.15, 0.2) is 24.3 Å². The molecule has 1 heterocycles. The molecule has 1 aromatic carbocycles. The second-order valence-corrected chi connectivity index (χ2v) is 5.44. The van der Waals surface area contributed by atoms with Crippen molar-refractivity contribution in [2.45, 2.75) is 19.9 Å². The Kier molecular flexibility index (Phi) is 5.67. The van der Waals surface area contributed by atoms with Crippen molar-refractivity contribution in [1.29, 1.82) is 0 Å². The van der Waals surface area contributed by atoms with Crippen molar-refractivity contribution in [3.8, 4) is 5.75 Å². The normalized spacial score (nSPS) is 15.9. The highest BCUT2D eigenvalue weighted by molar-refractivity contribution is 5.86. The third-order valence-electron chi connectivity index (χ3n) is 3.83. The number of urea groups is 1. The highest BCUT2D eigenvalue weighted by Crippen LogP contribution is 2.28. The Balaban J connectivity index is 1.96. The Morgan fingerprint density at radius 2 is 1.91 bits per heavy atom. The van der Waals surface area contributed by atoms with E-state index in [-0.39, 0.29) is 5.91 Å². The molecule has 0 aromatic heterocycles. The van der Waals surface area contributed by atoms with E-state index in [1.807, 2.05) is 31.2 Å². The van der Waals surface area contributed by atoms with Crippen LogP contribution in [0.1, 0.15) is 13.8 Å². The first kappa shape index (κ1) is 16.9. The van der Waals surface area contributed by atoms with Crippen LogP contribution in [0.3, 0.4) is 0 Å². The number of rotatable bonds is 5. The van der Waals surface area contributed by atoms with E-state index in [1.165, 1.54) is 0 Å². The van der Waals surface area contributed by atoms with Gasteiger partial charge in [-0.3, -0.25) is 4.79 Å². The van der Waals surface area contributed by atoms with E-state index >= 15 is 0 Å². The Bertz CT molecular complexity index is 556. The minimum Gasteiger partial charge on any atom is -0.492 e. The lowest BCUT2D eigenvalue weighted by atomic mass is 10.2. The van der Waals surface area contributed by atoms with E-state index in [9.17, 15) is 9.59 Å². The summed E-state index contributed by atoms with van der Waals surface area (Å²) in [5.41, 5.74) is 6.11. The molecular formula is C16H24N4O3. The summed E-state index contributed by atoms with van der Waals surface area (Å²) in [6.45, 7) is 6.86. The smallest absolute Gasteiger partial charge is 0.312 e. The fraction of sp³-hybridized carbons (Fsp3) is 0.500. The number of anilines is 1. The molecule has 3 amide bonds. The zero-order valence-electron chi connectivity index (χ0n) is 13.6. The lowest BCUT2D eigenvalue weighted by Crippen LogP contribution is -2.54. The third-order valence-corrected chi connectivity index (χ3v) is 3.83. The van der Waals surface area contributed by atoms with E-state index in [2.05, 4.69) is 10.2 Å². The number of benzene rings is 1. The second-order valence-electron chi connectivity index (χ2n) is 5.44. The molecule has 1 atom stereocenters. The number of hydrogen-bond donors (Lipinski definition) is 2. The average molecular weight is 320 g/mol. The molecule has 0 spiro atoms. The summed E-state index contributed by atoms with van der Waals surface area (Å²) >= 11 is 0. The molecule has 0 bridgehead atoms. The molecular weight excluding hydrogens is 296 g/mol. The van der Waals surface area contributed by atoms with Crippen molar-refractivity contribution in [1.82, 2.24) is 10.2 Å². The largest absolute Gasteiger partial charge is 0.492 e. The first-order valence-electron chi connectivity index (χ1n) is 7.84. The molecule has 1 aliphatic heterocycles. The quantitative estimate of drug-likeness (QED) is 0.839. The van der Waals surface area contributed by atoms with Crippen molar-refractivity contribution in [2.75, 3.05) is 37.7 Å². The molecule has 1 aliphatic rings. The number of nitrogens with one attached hydrogen (secondary N) is 1. The molecule has 7 nitrogen and oxygen atoms in total. The highest BCUT2D eigenvalue weighted by Gasteiger charge is 2.26. The lowest BCUT2D eigenvalue weighted by Gasteiger charge is -2.37. The number of amides is 3. The maximum atomic E-state index is 12.3. The Morgan fingerprint density at radius 3 is 2.52 bits per heavy atom. The van der Waals surface area contributed by atoms with Gasteiger partial charge in [-0.2, -0.15) is 0 Å². The molecule has 0 radical (unpaired) electrons. The number of carbonyl (C=O) groups is 2. The van der Waals surface area contributed by atoms with E-state index in [0.717, 1.165) is 24.5 Å². The monoisotopic (exact) mass is 320 g/mol. The van der Waals surface area contributed by atoms with Gasteiger partial charge >= 0.3 is 6.03 Å². The molecule has 7 heteroatoms. The van der Waals surface area contributed by atoms with E-state index in [0.29, 0.717) is 19.7 Å². The molecule has 1 unspecified atom stereocenters. The molecule has 1 saturated heterocycles. The fourth-order valence-corrected chi connectivity index (χ4v) is 2.71. The maximum absolute atomic E-state index is 12.3. The SMILES string of the molecule is CCOc1ccccc1N1CCN(C(=O)C(C)NC(N)=O)CC1. The van der Waals surface area contributed by atoms with Crippen LogP contribution in [0.25, 0.3) is 0 Å². The van der Waals surface area contributed by atoms with Gasteiger partial charge in [0.15, 0.2) is 0 Å².